The van der Waals surface area contributed by atoms with E-state index in [2.05, 4.69) is 27.8 Å². The lowest BCUT2D eigenvalue weighted by Gasteiger charge is -2.40. The average Bonchev–Trinajstić information content (AvgIpc) is 3.08. The molecule has 3 atom stereocenters. The van der Waals surface area contributed by atoms with Crippen LogP contribution in [0, 0.1) is 11.3 Å². The van der Waals surface area contributed by atoms with E-state index >= 15 is 0 Å². The van der Waals surface area contributed by atoms with E-state index in [1.165, 1.54) is 0 Å². The molecule has 0 bridgehead atoms. The predicted octanol–water partition coefficient (Wildman–Crippen LogP) is 3.38. The largest absolute Gasteiger partial charge is 0.381 e. The number of likely N-dealkylation sites (tertiary alicyclic amines) is 1. The highest BCUT2D eigenvalue weighted by Crippen LogP contribution is 2.36. The number of nitrogens with one attached hydrogen (secondary N) is 2. The lowest BCUT2D eigenvalue weighted by Crippen LogP contribution is -2.58. The van der Waals surface area contributed by atoms with Gasteiger partial charge in [-0.05, 0) is 56.2 Å². The fourth-order valence-electron chi connectivity index (χ4n) is 7.03. The van der Waals surface area contributed by atoms with Gasteiger partial charge >= 0.3 is 0 Å². The highest BCUT2D eigenvalue weighted by atomic mass is 16.5. The minimum atomic E-state index is -0.702. The molecule has 4 heterocycles. The smallest absolute Gasteiger partial charge is 0.261 e. The van der Waals surface area contributed by atoms with E-state index in [-0.39, 0.29) is 35.2 Å². The molecule has 0 radical (unpaired) electrons. The van der Waals surface area contributed by atoms with Gasteiger partial charge < -0.3 is 20.3 Å². The minimum absolute atomic E-state index is 0.0448. The number of hydrogen-bond acceptors (Lipinski definition) is 6. The Labute approximate surface area is 269 Å². The Hall–Kier alpha value is -4.31. The second-order valence-electron chi connectivity index (χ2n) is 12.9. The number of benzene rings is 2. The van der Waals surface area contributed by atoms with E-state index < -0.39 is 11.5 Å². The van der Waals surface area contributed by atoms with Crippen molar-refractivity contribution >= 4 is 28.6 Å². The van der Waals surface area contributed by atoms with Crippen molar-refractivity contribution in [1.82, 2.24) is 25.1 Å². The zero-order valence-electron chi connectivity index (χ0n) is 26.2. The van der Waals surface area contributed by atoms with E-state index in [0.717, 1.165) is 5.56 Å². The number of rotatable bonds is 6. The second kappa shape index (κ2) is 14.4. The van der Waals surface area contributed by atoms with E-state index in [0.29, 0.717) is 95.1 Å². The number of ether oxygens (including phenoxy) is 1. The summed E-state index contributed by atoms with van der Waals surface area (Å²) in [6.45, 7) is 2.54. The molecule has 6 rings (SSSR count). The molecule has 1 aromatic heterocycles. The molecule has 242 valence electrons. The molecular weight excluding hydrogens is 582 g/mol. The summed E-state index contributed by atoms with van der Waals surface area (Å²) in [5.74, 6) is -0.177. The zero-order valence-corrected chi connectivity index (χ0v) is 26.2. The lowest BCUT2D eigenvalue weighted by molar-refractivity contribution is -0.140. The Kier molecular flexibility index (Phi) is 9.92. The van der Waals surface area contributed by atoms with Gasteiger partial charge in [0.2, 0.25) is 17.7 Å². The third-order valence-corrected chi connectivity index (χ3v) is 9.89. The molecular formula is C36H43N5O5. The van der Waals surface area contributed by atoms with Crippen molar-refractivity contribution in [3.63, 3.8) is 0 Å². The van der Waals surface area contributed by atoms with Crippen molar-refractivity contribution in [2.75, 3.05) is 26.3 Å². The molecule has 0 aliphatic carbocycles. The van der Waals surface area contributed by atoms with E-state index in [1.54, 1.807) is 17.0 Å². The fourth-order valence-corrected chi connectivity index (χ4v) is 7.03. The number of nitrogens with zero attached hydrogens (tertiary/aromatic N) is 3. The number of amides is 3. The topological polar surface area (TPSA) is 123 Å². The van der Waals surface area contributed by atoms with E-state index in [9.17, 15) is 19.2 Å². The normalized spacial score (nSPS) is 24.3. The van der Waals surface area contributed by atoms with Crippen LogP contribution in [0.2, 0.25) is 0 Å². The Morgan fingerprint density at radius 3 is 2.59 bits per heavy atom. The van der Waals surface area contributed by atoms with Crippen molar-refractivity contribution in [3.8, 4) is 0 Å². The summed E-state index contributed by atoms with van der Waals surface area (Å²) < 4.78 is 7.18. The molecule has 3 aliphatic rings. The first-order valence-corrected chi connectivity index (χ1v) is 16.5. The molecule has 2 fully saturated rings. The van der Waals surface area contributed by atoms with Gasteiger partial charge in [-0.1, -0.05) is 54.6 Å². The van der Waals surface area contributed by atoms with Crippen LogP contribution in [-0.4, -0.2) is 70.6 Å². The Morgan fingerprint density at radius 2 is 1.76 bits per heavy atom. The summed E-state index contributed by atoms with van der Waals surface area (Å²) in [6.07, 6.45) is 10.2. The summed E-state index contributed by atoms with van der Waals surface area (Å²) in [4.78, 5) is 60.1. The van der Waals surface area contributed by atoms with E-state index in [1.807, 2.05) is 53.4 Å². The van der Waals surface area contributed by atoms with Crippen LogP contribution in [0.5, 0.6) is 0 Å². The maximum absolute atomic E-state index is 13.8. The monoisotopic (exact) mass is 625 g/mol. The Bertz CT molecular complexity index is 1630. The molecule has 0 unspecified atom stereocenters. The quantitative estimate of drug-likeness (QED) is 0.405. The highest BCUT2D eigenvalue weighted by Gasteiger charge is 2.41. The van der Waals surface area contributed by atoms with Crippen LogP contribution in [0.15, 0.2) is 77.9 Å². The lowest BCUT2D eigenvalue weighted by atomic mass is 9.75. The molecule has 3 aliphatic heterocycles. The van der Waals surface area contributed by atoms with Gasteiger partial charge in [0.1, 0.15) is 6.04 Å². The molecule has 46 heavy (non-hydrogen) atoms. The third-order valence-electron chi connectivity index (χ3n) is 9.89. The number of carbonyl (C=O) groups is 3. The first kappa shape index (κ1) is 31.7. The van der Waals surface area contributed by atoms with Gasteiger partial charge in [-0.15, -0.1) is 0 Å². The van der Waals surface area contributed by atoms with Crippen molar-refractivity contribution in [1.29, 1.82) is 0 Å². The third kappa shape index (κ3) is 7.22. The van der Waals surface area contributed by atoms with Crippen LogP contribution >= 0.6 is 0 Å². The molecule has 3 aromatic rings. The van der Waals surface area contributed by atoms with Crippen molar-refractivity contribution in [3.05, 3.63) is 89.0 Å². The summed E-state index contributed by atoms with van der Waals surface area (Å²) >= 11 is 0. The Morgan fingerprint density at radius 1 is 0.978 bits per heavy atom. The van der Waals surface area contributed by atoms with Gasteiger partial charge in [0.05, 0.1) is 22.6 Å². The number of aryl methyl sites for hydroxylation is 1. The van der Waals surface area contributed by atoms with Crippen LogP contribution in [0.3, 0.4) is 0 Å². The van der Waals surface area contributed by atoms with Crippen LogP contribution in [0.4, 0.5) is 0 Å². The SMILES string of the molecule is O=C1N[C@@H]2CCN(C(=O)CCCn3cnc4ccccc4c3=O)C[C@@H]2C/C=C/CC2(CCOCC2)C(=O)N[C@H]1Cc1ccccc1. The minimum Gasteiger partial charge on any atom is -0.381 e. The molecule has 2 saturated heterocycles. The van der Waals surface area contributed by atoms with Gasteiger partial charge in [0, 0.05) is 57.6 Å². The number of para-hydroxylation sites is 1. The number of allylic oxidation sites excluding steroid dienone is 2. The molecule has 10 nitrogen and oxygen atoms in total. The maximum atomic E-state index is 13.8. The molecule has 2 aromatic carbocycles. The van der Waals surface area contributed by atoms with Crippen LogP contribution in [0.25, 0.3) is 10.9 Å². The van der Waals surface area contributed by atoms with Crippen molar-refractivity contribution < 1.29 is 19.1 Å². The second-order valence-corrected chi connectivity index (χ2v) is 12.9. The Balaban J connectivity index is 1.14. The fraction of sp³-hybridized carbons (Fsp3) is 0.472. The van der Waals surface area contributed by atoms with Crippen LogP contribution in [-0.2, 0) is 32.1 Å². The first-order chi connectivity index (χ1) is 22.4. The van der Waals surface area contributed by atoms with Gasteiger partial charge in [0.15, 0.2) is 0 Å². The molecule has 10 heteroatoms. The van der Waals surface area contributed by atoms with Gasteiger partial charge in [-0.2, -0.15) is 0 Å². The van der Waals surface area contributed by atoms with Crippen LogP contribution < -0.4 is 16.2 Å². The summed E-state index contributed by atoms with van der Waals surface area (Å²) in [5.41, 5.74) is 0.936. The number of hydrogen-bond donors (Lipinski definition) is 2. The van der Waals surface area contributed by atoms with Gasteiger partial charge in [-0.3, -0.25) is 23.7 Å². The summed E-state index contributed by atoms with van der Waals surface area (Å²) in [6, 6.07) is 16.2. The predicted molar refractivity (Wildman–Crippen MR) is 175 cm³/mol. The van der Waals surface area contributed by atoms with Gasteiger partial charge in [-0.25, -0.2) is 4.98 Å². The number of fused-ring (bicyclic) bond motifs is 2. The molecule has 0 saturated carbocycles. The first-order valence-electron chi connectivity index (χ1n) is 16.5. The van der Waals surface area contributed by atoms with Crippen molar-refractivity contribution in [2.45, 2.75) is 70.0 Å². The molecule has 2 N–H and O–H groups in total. The zero-order chi connectivity index (χ0) is 31.9. The van der Waals surface area contributed by atoms with Crippen LogP contribution in [0.1, 0.15) is 50.5 Å². The number of aromatic nitrogens is 2. The number of carbonyl (C=O) groups excluding carboxylic acids is 3. The van der Waals surface area contributed by atoms with E-state index in [4.69, 9.17) is 4.74 Å². The van der Waals surface area contributed by atoms with Crippen molar-refractivity contribution in [2.24, 2.45) is 11.3 Å². The number of piperidine rings is 1. The standard InChI is InChI=1S/C36H43N5O5/c42-32(14-8-19-41-25-37-30-13-5-4-12-28(30)34(41)44)40-20-15-29-27(24-40)11-6-7-16-36(17-21-46-22-18-36)35(45)39-31(33(43)38-29)23-26-9-2-1-3-10-26/h1-7,9-10,12-13,25,27,29,31H,8,11,14-24H2,(H,38,43)(H,39,45)/b7-6+/t27-,29+,31-/m0/s1. The average molecular weight is 626 g/mol. The molecule has 3 amide bonds. The molecule has 1 spiro atoms. The van der Waals surface area contributed by atoms with Gasteiger partial charge in [0.25, 0.3) is 5.56 Å². The highest BCUT2D eigenvalue weighted by molar-refractivity contribution is 5.90. The summed E-state index contributed by atoms with van der Waals surface area (Å²) in [5, 5.41) is 6.98. The maximum Gasteiger partial charge on any atom is 0.261 e. The summed E-state index contributed by atoms with van der Waals surface area (Å²) in [7, 11) is 0.